The van der Waals surface area contributed by atoms with E-state index in [1.165, 1.54) is 13.3 Å². The number of likely N-dealkylation sites (tertiary alicyclic amines) is 1. The molecule has 2 amide bonds. The molecule has 0 aromatic carbocycles. The van der Waals surface area contributed by atoms with Crippen molar-refractivity contribution < 1.29 is 14.3 Å². The van der Waals surface area contributed by atoms with Crippen molar-refractivity contribution in [3.8, 4) is 5.88 Å². The summed E-state index contributed by atoms with van der Waals surface area (Å²) in [5, 5.41) is 6.74. The molecule has 3 rings (SSSR count). The number of nitrogens with zero attached hydrogens (tertiary/aromatic N) is 3. The van der Waals surface area contributed by atoms with Crippen LogP contribution in [0.4, 0.5) is 0 Å². The number of nitrogens with two attached hydrogens (primary N) is 1. The molecule has 2 aromatic heterocycles. The normalized spacial score (nSPS) is 17.5. The van der Waals surface area contributed by atoms with Crippen molar-refractivity contribution in [2.24, 2.45) is 5.73 Å². The van der Waals surface area contributed by atoms with Crippen LogP contribution in [0.5, 0.6) is 5.88 Å². The Labute approximate surface area is 139 Å². The number of hydrogen-bond acceptors (Lipinski definition) is 5. The zero-order valence-corrected chi connectivity index (χ0v) is 13.4. The second-order valence-corrected chi connectivity index (χ2v) is 5.67. The van der Waals surface area contributed by atoms with Gasteiger partial charge < -0.3 is 15.4 Å². The van der Waals surface area contributed by atoms with Crippen molar-refractivity contribution in [2.75, 3.05) is 13.7 Å². The number of pyridine rings is 1. The summed E-state index contributed by atoms with van der Waals surface area (Å²) in [6.07, 6.45) is 4.24. The largest absolute Gasteiger partial charge is 0.481 e. The molecule has 24 heavy (non-hydrogen) atoms. The summed E-state index contributed by atoms with van der Waals surface area (Å²) < 4.78 is 5.02. The van der Waals surface area contributed by atoms with Gasteiger partial charge in [0.1, 0.15) is 5.69 Å². The average Bonchev–Trinajstić information content (AvgIpc) is 3.11. The van der Waals surface area contributed by atoms with Gasteiger partial charge in [-0.25, -0.2) is 4.98 Å². The summed E-state index contributed by atoms with van der Waals surface area (Å²) in [7, 11) is 1.53. The van der Waals surface area contributed by atoms with E-state index in [0.717, 1.165) is 25.0 Å². The summed E-state index contributed by atoms with van der Waals surface area (Å²) in [5.41, 5.74) is 6.64. The van der Waals surface area contributed by atoms with Gasteiger partial charge in [0, 0.05) is 18.8 Å². The Morgan fingerprint density at radius 2 is 2.21 bits per heavy atom. The van der Waals surface area contributed by atoms with Crippen LogP contribution in [-0.4, -0.2) is 45.6 Å². The van der Waals surface area contributed by atoms with E-state index in [1.807, 2.05) is 0 Å². The maximum Gasteiger partial charge on any atom is 0.269 e. The molecule has 1 aliphatic heterocycles. The maximum atomic E-state index is 12.8. The number of carbonyl (C=O) groups excluding carboxylic acids is 2. The molecule has 0 spiro atoms. The topological polar surface area (TPSA) is 114 Å². The molecule has 126 valence electrons. The van der Waals surface area contributed by atoms with Gasteiger partial charge in [-0.2, -0.15) is 5.10 Å². The summed E-state index contributed by atoms with van der Waals surface area (Å²) in [6, 6.07) is 4.81. The highest BCUT2D eigenvalue weighted by molar-refractivity contribution is 5.94. The number of piperidine rings is 1. The number of aromatic nitrogens is 3. The Balaban J connectivity index is 1.85. The number of rotatable bonds is 4. The molecule has 1 atom stereocenters. The molecule has 3 N–H and O–H groups in total. The van der Waals surface area contributed by atoms with Crippen LogP contribution in [0.15, 0.2) is 24.4 Å². The first-order valence-corrected chi connectivity index (χ1v) is 7.76. The van der Waals surface area contributed by atoms with E-state index in [0.29, 0.717) is 18.0 Å². The third-order valence-corrected chi connectivity index (χ3v) is 4.17. The number of amides is 2. The van der Waals surface area contributed by atoms with Crippen molar-refractivity contribution in [3.63, 3.8) is 0 Å². The standard InChI is InChI=1S/C16H19N5O3/c1-24-14-6-5-10(9-18-14)16(23)21-7-3-2-4-13(21)11-8-12(15(17)22)20-19-11/h5-6,8-9,13H,2-4,7H2,1H3,(H2,17,22)(H,19,20). The van der Waals surface area contributed by atoms with Crippen LogP contribution in [-0.2, 0) is 0 Å². The Morgan fingerprint density at radius 1 is 1.38 bits per heavy atom. The highest BCUT2D eigenvalue weighted by Crippen LogP contribution is 2.31. The number of primary amides is 1. The van der Waals surface area contributed by atoms with Crippen molar-refractivity contribution in [3.05, 3.63) is 41.3 Å². The van der Waals surface area contributed by atoms with Crippen LogP contribution in [0.1, 0.15) is 51.8 Å². The van der Waals surface area contributed by atoms with Crippen LogP contribution in [0, 0.1) is 0 Å². The lowest BCUT2D eigenvalue weighted by Crippen LogP contribution is -2.38. The Hall–Kier alpha value is -2.90. The molecular weight excluding hydrogens is 310 g/mol. The minimum absolute atomic E-state index is 0.106. The van der Waals surface area contributed by atoms with Gasteiger partial charge in [-0.1, -0.05) is 0 Å². The molecule has 1 fully saturated rings. The average molecular weight is 329 g/mol. The molecule has 0 radical (unpaired) electrons. The monoisotopic (exact) mass is 329 g/mol. The fourth-order valence-electron chi connectivity index (χ4n) is 2.92. The summed E-state index contributed by atoms with van der Waals surface area (Å²) >= 11 is 0. The minimum atomic E-state index is -0.592. The lowest BCUT2D eigenvalue weighted by atomic mass is 9.98. The third kappa shape index (κ3) is 3.08. The Morgan fingerprint density at radius 3 is 2.83 bits per heavy atom. The van der Waals surface area contributed by atoms with Gasteiger partial charge >= 0.3 is 0 Å². The summed E-state index contributed by atoms with van der Waals surface area (Å²) in [5.74, 6) is -0.239. The van der Waals surface area contributed by atoms with Crippen LogP contribution in [0.2, 0.25) is 0 Å². The number of nitrogens with one attached hydrogen (secondary N) is 1. The first-order valence-electron chi connectivity index (χ1n) is 7.76. The SMILES string of the molecule is COc1ccc(C(=O)N2CCCCC2c2cc(C(N)=O)n[nH]2)cn1. The first-order chi connectivity index (χ1) is 11.6. The van der Waals surface area contributed by atoms with Crippen LogP contribution < -0.4 is 10.5 Å². The second-order valence-electron chi connectivity index (χ2n) is 5.67. The molecule has 2 aromatic rings. The zero-order valence-electron chi connectivity index (χ0n) is 13.4. The van der Waals surface area contributed by atoms with Crippen LogP contribution in [0.3, 0.4) is 0 Å². The van der Waals surface area contributed by atoms with Gasteiger partial charge in [0.25, 0.3) is 11.8 Å². The zero-order chi connectivity index (χ0) is 17.1. The van der Waals surface area contributed by atoms with Crippen LogP contribution in [0.25, 0.3) is 0 Å². The fourth-order valence-corrected chi connectivity index (χ4v) is 2.92. The summed E-state index contributed by atoms with van der Waals surface area (Å²) in [4.78, 5) is 29.9. The van der Waals surface area contributed by atoms with Crippen molar-refractivity contribution >= 4 is 11.8 Å². The molecule has 8 heteroatoms. The predicted octanol–water partition coefficient (Wildman–Crippen LogP) is 1.28. The number of H-pyrrole nitrogens is 1. The molecule has 0 aliphatic carbocycles. The quantitative estimate of drug-likeness (QED) is 0.877. The minimum Gasteiger partial charge on any atom is -0.481 e. The van der Waals surface area contributed by atoms with E-state index in [9.17, 15) is 9.59 Å². The Bertz CT molecular complexity index is 740. The molecular formula is C16H19N5O3. The molecule has 1 aliphatic rings. The molecule has 0 bridgehead atoms. The molecule has 1 saturated heterocycles. The van der Waals surface area contributed by atoms with E-state index in [-0.39, 0.29) is 17.6 Å². The maximum absolute atomic E-state index is 12.8. The highest BCUT2D eigenvalue weighted by Gasteiger charge is 2.30. The van der Waals surface area contributed by atoms with E-state index in [1.54, 1.807) is 23.1 Å². The molecule has 1 unspecified atom stereocenters. The molecule has 8 nitrogen and oxygen atoms in total. The van der Waals surface area contributed by atoms with Crippen LogP contribution >= 0.6 is 0 Å². The summed E-state index contributed by atoms with van der Waals surface area (Å²) in [6.45, 7) is 0.639. The fraction of sp³-hybridized carbons (Fsp3) is 0.375. The van der Waals surface area contributed by atoms with E-state index in [2.05, 4.69) is 15.2 Å². The van der Waals surface area contributed by atoms with Crippen molar-refractivity contribution in [1.82, 2.24) is 20.1 Å². The van der Waals surface area contributed by atoms with Gasteiger partial charge in [0.05, 0.1) is 24.4 Å². The van der Waals surface area contributed by atoms with E-state index >= 15 is 0 Å². The van der Waals surface area contributed by atoms with Gasteiger partial charge in [-0.3, -0.25) is 14.7 Å². The first kappa shape index (κ1) is 16.0. The van der Waals surface area contributed by atoms with Gasteiger partial charge in [0.2, 0.25) is 5.88 Å². The number of carbonyl (C=O) groups is 2. The lowest BCUT2D eigenvalue weighted by Gasteiger charge is -2.35. The third-order valence-electron chi connectivity index (χ3n) is 4.17. The second kappa shape index (κ2) is 6.69. The van der Waals surface area contributed by atoms with Gasteiger partial charge in [-0.05, 0) is 31.4 Å². The number of hydrogen-bond donors (Lipinski definition) is 2. The highest BCUT2D eigenvalue weighted by atomic mass is 16.5. The Kier molecular flexibility index (Phi) is 4.45. The predicted molar refractivity (Wildman–Crippen MR) is 85.5 cm³/mol. The van der Waals surface area contributed by atoms with Gasteiger partial charge in [-0.15, -0.1) is 0 Å². The number of methoxy groups -OCH3 is 1. The lowest BCUT2D eigenvalue weighted by molar-refractivity contribution is 0.0605. The van der Waals surface area contributed by atoms with Crippen molar-refractivity contribution in [1.29, 1.82) is 0 Å². The number of aromatic amines is 1. The number of ether oxygens (including phenoxy) is 1. The molecule has 3 heterocycles. The van der Waals surface area contributed by atoms with E-state index < -0.39 is 5.91 Å². The van der Waals surface area contributed by atoms with Crippen molar-refractivity contribution in [2.45, 2.75) is 25.3 Å². The van der Waals surface area contributed by atoms with E-state index in [4.69, 9.17) is 10.5 Å². The molecule has 0 saturated carbocycles. The van der Waals surface area contributed by atoms with Gasteiger partial charge in [0.15, 0.2) is 0 Å². The smallest absolute Gasteiger partial charge is 0.269 e.